The zero-order valence-electron chi connectivity index (χ0n) is 24.1. The van der Waals surface area contributed by atoms with Gasteiger partial charge in [-0.25, -0.2) is 0 Å². The number of rotatable bonds is 8. The Labute approximate surface area is 208 Å². The second-order valence-corrected chi connectivity index (χ2v) is 7.75. The Morgan fingerprint density at radius 1 is 1.00 bits per heavy atom. The molecule has 2 atom stereocenters. The smallest absolute Gasteiger partial charge is 0.255 e. The first-order valence-corrected chi connectivity index (χ1v) is 10.3. The van der Waals surface area contributed by atoms with Crippen molar-refractivity contribution in [3.8, 4) is 11.5 Å². The molecule has 3 N–H and O–H groups in total. The van der Waals surface area contributed by atoms with Crippen LogP contribution in [0.1, 0.15) is 56.9 Å². The highest BCUT2D eigenvalue weighted by molar-refractivity contribution is 6.30. The van der Waals surface area contributed by atoms with Gasteiger partial charge in [0.05, 0.1) is 32.2 Å². The third-order valence-corrected chi connectivity index (χ3v) is 5.28. The molecule has 0 spiro atoms. The summed E-state index contributed by atoms with van der Waals surface area (Å²) in [4.78, 5) is 13.6. The Kier molecular flexibility index (Phi) is 5.35. The first-order chi connectivity index (χ1) is 18.1. The lowest BCUT2D eigenvalue weighted by molar-refractivity contribution is 0.0924. The van der Waals surface area contributed by atoms with Gasteiger partial charge in [-0.1, -0.05) is 47.5 Å². The molecule has 0 aromatic heterocycles. The van der Waals surface area contributed by atoms with Gasteiger partial charge >= 0.3 is 0 Å². The van der Waals surface area contributed by atoms with Crippen LogP contribution in [0.5, 0.6) is 11.5 Å². The summed E-state index contributed by atoms with van der Waals surface area (Å²) in [6.07, 6.45) is -3.38. The fourth-order valence-electron chi connectivity index (χ4n) is 3.16. The molecule has 0 saturated heterocycles. The van der Waals surface area contributed by atoms with Gasteiger partial charge in [0, 0.05) is 24.3 Å². The van der Waals surface area contributed by atoms with Crippen LogP contribution in [-0.2, 0) is 0 Å². The molecule has 7 heteroatoms. The molecule has 0 saturated carbocycles. The van der Waals surface area contributed by atoms with Crippen LogP contribution in [0.25, 0.3) is 0 Å². The summed E-state index contributed by atoms with van der Waals surface area (Å²) >= 11 is 12.1. The summed E-state index contributed by atoms with van der Waals surface area (Å²) in [6.45, 7) is -6.78. The summed E-state index contributed by atoms with van der Waals surface area (Å²) in [6, 6.07) is 15.6. The van der Waals surface area contributed by atoms with E-state index in [2.05, 4.69) is 5.32 Å². The fraction of sp³-hybridized carbons (Fsp3) is 0.240. The molecular formula is C25H26Cl2N2O3. The van der Waals surface area contributed by atoms with E-state index in [1.807, 2.05) is 0 Å². The number of carbonyl (C=O) groups is 1. The van der Waals surface area contributed by atoms with Crippen LogP contribution in [0.3, 0.4) is 0 Å². The molecule has 0 bridgehead atoms. The van der Waals surface area contributed by atoms with Crippen molar-refractivity contribution >= 4 is 29.1 Å². The van der Waals surface area contributed by atoms with Gasteiger partial charge in [-0.15, -0.1) is 0 Å². The van der Waals surface area contributed by atoms with Gasteiger partial charge in [0.2, 0.25) is 0 Å². The molecule has 3 rings (SSSR count). The fourth-order valence-corrected chi connectivity index (χ4v) is 3.41. The molecule has 0 aliphatic carbocycles. The highest BCUT2D eigenvalue weighted by Crippen LogP contribution is 2.31. The lowest BCUT2D eigenvalue weighted by Gasteiger charge is -2.27. The Morgan fingerprint density at radius 2 is 1.59 bits per heavy atom. The van der Waals surface area contributed by atoms with Gasteiger partial charge in [0.15, 0.2) is 0 Å². The number of halogens is 2. The molecule has 0 fully saturated rings. The maximum Gasteiger partial charge on any atom is 0.255 e. The van der Waals surface area contributed by atoms with Gasteiger partial charge in [-0.05, 0) is 61.2 Å². The van der Waals surface area contributed by atoms with Gasteiger partial charge in [0.25, 0.3) is 5.91 Å². The SMILES string of the molecule is [2H]C([2H])([2H])C([2H])(Oc1cc(OC)ccc1C(=O)N[C@@H](c1ccc(Cl)cc1)[C@H](N)c1ccc(Cl)cc1)C([2H])([2H])[2H]. The van der Waals surface area contributed by atoms with Crippen molar-refractivity contribution in [1.29, 1.82) is 0 Å². The van der Waals surface area contributed by atoms with E-state index in [9.17, 15) is 4.79 Å². The predicted octanol–water partition coefficient (Wildman–Crippen LogP) is 5.96. The monoisotopic (exact) mass is 479 g/mol. The zero-order valence-corrected chi connectivity index (χ0v) is 18.6. The number of methoxy groups -OCH3 is 1. The van der Waals surface area contributed by atoms with Crippen molar-refractivity contribution in [3.05, 3.63) is 93.5 Å². The summed E-state index contributed by atoms with van der Waals surface area (Å²) < 4.78 is 64.7. The highest BCUT2D eigenvalue weighted by atomic mass is 35.5. The van der Waals surface area contributed by atoms with E-state index in [1.165, 1.54) is 19.2 Å². The number of ether oxygens (including phenoxy) is 2. The summed E-state index contributed by atoms with van der Waals surface area (Å²) in [5.41, 5.74) is 7.59. The number of amides is 1. The van der Waals surface area contributed by atoms with Gasteiger partial charge in [0.1, 0.15) is 11.5 Å². The van der Waals surface area contributed by atoms with Crippen molar-refractivity contribution in [2.45, 2.75) is 31.9 Å². The Bertz CT molecular complexity index is 1290. The van der Waals surface area contributed by atoms with Gasteiger partial charge in [-0.2, -0.15) is 0 Å². The van der Waals surface area contributed by atoms with Crippen molar-refractivity contribution in [1.82, 2.24) is 5.32 Å². The molecule has 0 radical (unpaired) electrons. The molecule has 32 heavy (non-hydrogen) atoms. The molecule has 168 valence electrons. The number of nitrogens with two attached hydrogens (primary N) is 1. The van der Waals surface area contributed by atoms with Crippen LogP contribution in [0.15, 0.2) is 66.7 Å². The zero-order chi connectivity index (χ0) is 29.2. The van der Waals surface area contributed by atoms with E-state index >= 15 is 0 Å². The lowest BCUT2D eigenvalue weighted by Crippen LogP contribution is -2.36. The topological polar surface area (TPSA) is 73.6 Å². The minimum Gasteiger partial charge on any atom is -0.497 e. The minimum atomic E-state index is -3.39. The van der Waals surface area contributed by atoms with Crippen LogP contribution in [-0.4, -0.2) is 19.1 Å². The van der Waals surface area contributed by atoms with Crippen LogP contribution >= 0.6 is 23.2 Å². The van der Waals surface area contributed by atoms with E-state index in [4.69, 9.17) is 48.0 Å². The molecule has 3 aromatic rings. The van der Waals surface area contributed by atoms with Crippen LogP contribution < -0.4 is 20.5 Å². The number of nitrogens with one attached hydrogen (secondary N) is 1. The Balaban J connectivity index is 2.06. The second kappa shape index (κ2) is 10.7. The molecule has 0 aliphatic rings. The molecule has 0 aliphatic heterocycles. The second-order valence-electron chi connectivity index (χ2n) is 6.87. The minimum absolute atomic E-state index is 0.145. The molecule has 0 unspecified atom stereocenters. The van der Waals surface area contributed by atoms with Crippen LogP contribution in [0.4, 0.5) is 0 Å². The maximum atomic E-state index is 13.6. The van der Waals surface area contributed by atoms with Crippen molar-refractivity contribution in [2.24, 2.45) is 5.73 Å². The average molecular weight is 480 g/mol. The molecule has 5 nitrogen and oxygen atoms in total. The summed E-state index contributed by atoms with van der Waals surface area (Å²) in [5.74, 6) is -1.09. The number of benzene rings is 3. The van der Waals surface area contributed by atoms with Crippen molar-refractivity contribution < 1.29 is 23.9 Å². The van der Waals surface area contributed by atoms with Gasteiger partial charge in [-0.3, -0.25) is 4.79 Å². The average Bonchev–Trinajstić information content (AvgIpc) is 2.86. The molecule has 0 heterocycles. The van der Waals surface area contributed by atoms with Crippen molar-refractivity contribution in [2.75, 3.05) is 7.11 Å². The number of carbonyl (C=O) groups excluding carboxylic acids is 1. The Morgan fingerprint density at radius 3 is 2.16 bits per heavy atom. The van der Waals surface area contributed by atoms with E-state index in [1.54, 1.807) is 48.5 Å². The predicted molar refractivity (Wildman–Crippen MR) is 129 cm³/mol. The first-order valence-electron chi connectivity index (χ1n) is 13.0. The summed E-state index contributed by atoms with van der Waals surface area (Å²) in [5, 5.41) is 3.79. The molecule has 3 aromatic carbocycles. The van der Waals surface area contributed by atoms with Crippen LogP contribution in [0, 0.1) is 0 Å². The van der Waals surface area contributed by atoms with E-state index in [0.29, 0.717) is 21.2 Å². The standard InChI is InChI=1S/C25H26Cl2N2O3/c1-15(2)32-22-14-20(31-3)12-13-21(22)25(30)29-24(17-6-10-19(27)11-7-17)23(28)16-4-8-18(26)9-5-16/h4-15,23-24H,28H2,1-3H3,(H,29,30)/t23-,24+/m1/s1/i1D3,2D3,15D. The quantitative estimate of drug-likeness (QED) is 0.417. The van der Waals surface area contributed by atoms with E-state index < -0.39 is 43.5 Å². The highest BCUT2D eigenvalue weighted by Gasteiger charge is 2.26. The third-order valence-electron chi connectivity index (χ3n) is 4.78. The molecular weight excluding hydrogens is 447 g/mol. The molecule has 1 amide bonds. The van der Waals surface area contributed by atoms with Crippen molar-refractivity contribution in [3.63, 3.8) is 0 Å². The number of hydrogen-bond acceptors (Lipinski definition) is 4. The lowest BCUT2D eigenvalue weighted by atomic mass is 9.93. The first kappa shape index (κ1) is 16.0. The number of hydrogen-bond donors (Lipinski definition) is 2. The summed E-state index contributed by atoms with van der Waals surface area (Å²) in [7, 11) is 1.32. The normalized spacial score (nSPS) is 17.2. The van der Waals surface area contributed by atoms with E-state index in [-0.39, 0.29) is 11.3 Å². The maximum absolute atomic E-state index is 13.6. The largest absolute Gasteiger partial charge is 0.497 e. The Hall–Kier alpha value is -2.73. The third kappa shape index (κ3) is 5.94. The van der Waals surface area contributed by atoms with E-state index in [0.717, 1.165) is 6.07 Å². The van der Waals surface area contributed by atoms with Gasteiger partial charge < -0.3 is 20.5 Å². The van der Waals surface area contributed by atoms with Crippen LogP contribution in [0.2, 0.25) is 10.0 Å².